The molecule has 138 valence electrons. The van der Waals surface area contributed by atoms with Crippen LogP contribution >= 0.6 is 23.2 Å². The minimum atomic E-state index is -0.530. The standard InChI is InChI=1S/C20H16Cl2N2O3/c1-12-16(21)10-23-20(19(12)22)24-17(25)11-27-18(26)9-14-7-4-6-13-5-2-3-8-15(13)14/h2-8,10H,9,11H2,1H3,(H,23,24,25). The number of halogens is 2. The van der Waals surface area contributed by atoms with Gasteiger partial charge in [0.1, 0.15) is 0 Å². The summed E-state index contributed by atoms with van der Waals surface area (Å²) < 4.78 is 5.07. The Bertz CT molecular complexity index is 1020. The van der Waals surface area contributed by atoms with Gasteiger partial charge >= 0.3 is 5.97 Å². The van der Waals surface area contributed by atoms with Gasteiger partial charge in [-0.05, 0) is 28.8 Å². The maximum Gasteiger partial charge on any atom is 0.310 e. The van der Waals surface area contributed by atoms with Crippen LogP contribution in [0.3, 0.4) is 0 Å². The number of benzene rings is 2. The Hall–Kier alpha value is -2.63. The molecule has 7 heteroatoms. The summed E-state index contributed by atoms with van der Waals surface area (Å²) in [6, 6.07) is 13.5. The summed E-state index contributed by atoms with van der Waals surface area (Å²) in [7, 11) is 0. The number of anilines is 1. The zero-order valence-corrected chi connectivity index (χ0v) is 16.0. The Labute approximate surface area is 166 Å². The number of aromatic nitrogens is 1. The van der Waals surface area contributed by atoms with Crippen molar-refractivity contribution in [2.24, 2.45) is 0 Å². The van der Waals surface area contributed by atoms with Crippen LogP contribution in [0, 0.1) is 6.92 Å². The topological polar surface area (TPSA) is 68.3 Å². The predicted molar refractivity (Wildman–Crippen MR) is 106 cm³/mol. The van der Waals surface area contributed by atoms with Crippen LogP contribution in [0.25, 0.3) is 10.8 Å². The van der Waals surface area contributed by atoms with Crippen molar-refractivity contribution in [3.05, 3.63) is 69.8 Å². The lowest BCUT2D eigenvalue weighted by Crippen LogP contribution is -2.22. The van der Waals surface area contributed by atoms with Crippen molar-refractivity contribution in [2.45, 2.75) is 13.3 Å². The molecule has 0 fully saturated rings. The van der Waals surface area contributed by atoms with E-state index in [1.54, 1.807) is 6.92 Å². The van der Waals surface area contributed by atoms with Crippen LogP contribution < -0.4 is 5.32 Å². The number of hydrogen-bond acceptors (Lipinski definition) is 4. The Morgan fingerprint density at radius 3 is 2.67 bits per heavy atom. The minimum absolute atomic E-state index is 0.0771. The highest BCUT2D eigenvalue weighted by Crippen LogP contribution is 2.28. The zero-order valence-electron chi connectivity index (χ0n) is 14.5. The van der Waals surface area contributed by atoms with Crippen LogP contribution in [0.4, 0.5) is 5.82 Å². The Balaban J connectivity index is 1.59. The van der Waals surface area contributed by atoms with E-state index in [0.717, 1.165) is 16.3 Å². The van der Waals surface area contributed by atoms with Gasteiger partial charge in [0.25, 0.3) is 5.91 Å². The monoisotopic (exact) mass is 402 g/mol. The van der Waals surface area contributed by atoms with E-state index in [2.05, 4.69) is 10.3 Å². The first-order chi connectivity index (χ1) is 13.0. The van der Waals surface area contributed by atoms with Gasteiger partial charge in [0.05, 0.1) is 16.5 Å². The van der Waals surface area contributed by atoms with Gasteiger partial charge in [0.2, 0.25) is 0 Å². The normalized spacial score (nSPS) is 10.6. The predicted octanol–water partition coefficient (Wildman–Crippen LogP) is 4.57. The van der Waals surface area contributed by atoms with Crippen LogP contribution in [-0.4, -0.2) is 23.5 Å². The number of rotatable bonds is 5. The number of ether oxygens (including phenoxy) is 1. The number of carbonyl (C=O) groups excluding carboxylic acids is 2. The Morgan fingerprint density at radius 1 is 1.11 bits per heavy atom. The number of carbonyl (C=O) groups is 2. The first-order valence-corrected chi connectivity index (χ1v) is 8.94. The molecule has 3 aromatic rings. The molecule has 0 aliphatic carbocycles. The highest BCUT2D eigenvalue weighted by Gasteiger charge is 2.14. The number of fused-ring (bicyclic) bond motifs is 1. The number of nitrogens with zero attached hydrogens (tertiary/aromatic N) is 1. The quantitative estimate of drug-likeness (QED) is 0.634. The van der Waals surface area contributed by atoms with Crippen LogP contribution in [0.15, 0.2) is 48.7 Å². The molecule has 0 aliphatic rings. The fourth-order valence-electron chi connectivity index (χ4n) is 2.61. The third kappa shape index (κ3) is 4.56. The molecule has 0 saturated carbocycles. The second kappa shape index (κ2) is 8.37. The number of amides is 1. The SMILES string of the molecule is Cc1c(Cl)cnc(NC(=O)COC(=O)Cc2cccc3ccccc23)c1Cl. The average molecular weight is 403 g/mol. The van der Waals surface area contributed by atoms with Crippen molar-refractivity contribution in [3.63, 3.8) is 0 Å². The molecule has 0 atom stereocenters. The number of esters is 1. The molecule has 1 heterocycles. The summed E-state index contributed by atoms with van der Waals surface area (Å²) >= 11 is 12.0. The van der Waals surface area contributed by atoms with Crippen molar-refractivity contribution in [3.8, 4) is 0 Å². The van der Waals surface area contributed by atoms with Crippen LogP contribution in [0.5, 0.6) is 0 Å². The fraction of sp³-hybridized carbons (Fsp3) is 0.150. The van der Waals surface area contributed by atoms with E-state index >= 15 is 0 Å². The summed E-state index contributed by atoms with van der Waals surface area (Å²) in [5.74, 6) is -0.848. The van der Waals surface area contributed by atoms with Gasteiger partial charge in [0.15, 0.2) is 12.4 Å². The molecular weight excluding hydrogens is 387 g/mol. The molecule has 1 N–H and O–H groups in total. The second-order valence-electron chi connectivity index (χ2n) is 5.92. The molecule has 0 unspecified atom stereocenters. The maximum atomic E-state index is 12.1. The lowest BCUT2D eigenvalue weighted by atomic mass is 10.0. The van der Waals surface area contributed by atoms with E-state index in [4.69, 9.17) is 27.9 Å². The number of nitrogens with one attached hydrogen (secondary N) is 1. The van der Waals surface area contributed by atoms with Gasteiger partial charge in [0, 0.05) is 6.20 Å². The van der Waals surface area contributed by atoms with E-state index in [1.165, 1.54) is 6.20 Å². The Morgan fingerprint density at radius 2 is 1.85 bits per heavy atom. The van der Waals surface area contributed by atoms with E-state index in [9.17, 15) is 9.59 Å². The molecule has 0 aliphatic heterocycles. The van der Waals surface area contributed by atoms with Gasteiger partial charge < -0.3 is 10.1 Å². The largest absolute Gasteiger partial charge is 0.455 e. The molecule has 2 aromatic carbocycles. The maximum absolute atomic E-state index is 12.1. The van der Waals surface area contributed by atoms with E-state index in [-0.39, 0.29) is 17.3 Å². The lowest BCUT2D eigenvalue weighted by molar-refractivity contribution is -0.146. The van der Waals surface area contributed by atoms with Gasteiger partial charge in [-0.3, -0.25) is 9.59 Å². The molecule has 0 saturated heterocycles. The Kier molecular flexibility index (Phi) is 5.94. The summed E-state index contributed by atoms with van der Waals surface area (Å²) in [6.45, 7) is 1.29. The van der Waals surface area contributed by atoms with Crippen molar-refractivity contribution in [1.82, 2.24) is 4.98 Å². The summed E-state index contributed by atoms with van der Waals surface area (Å²) in [6.07, 6.45) is 1.47. The molecule has 3 rings (SSSR count). The molecule has 1 aromatic heterocycles. The van der Waals surface area contributed by atoms with Crippen molar-refractivity contribution >= 4 is 51.7 Å². The summed E-state index contributed by atoms with van der Waals surface area (Å²) in [5.41, 5.74) is 1.45. The lowest BCUT2D eigenvalue weighted by Gasteiger charge is -2.10. The zero-order chi connectivity index (χ0) is 19.4. The number of hydrogen-bond donors (Lipinski definition) is 1. The molecule has 5 nitrogen and oxygen atoms in total. The van der Waals surface area contributed by atoms with Crippen molar-refractivity contribution < 1.29 is 14.3 Å². The molecule has 27 heavy (non-hydrogen) atoms. The van der Waals surface area contributed by atoms with Crippen LogP contribution in [0.2, 0.25) is 10.0 Å². The van der Waals surface area contributed by atoms with Crippen molar-refractivity contribution in [1.29, 1.82) is 0 Å². The molecule has 0 bridgehead atoms. The van der Waals surface area contributed by atoms with E-state index in [0.29, 0.717) is 10.6 Å². The second-order valence-corrected chi connectivity index (χ2v) is 6.70. The first kappa shape index (κ1) is 19.1. The smallest absolute Gasteiger partial charge is 0.310 e. The third-order valence-electron chi connectivity index (χ3n) is 4.04. The highest BCUT2D eigenvalue weighted by atomic mass is 35.5. The highest BCUT2D eigenvalue weighted by molar-refractivity contribution is 6.37. The van der Waals surface area contributed by atoms with Crippen LogP contribution in [-0.2, 0) is 20.7 Å². The average Bonchev–Trinajstić information content (AvgIpc) is 2.67. The van der Waals surface area contributed by atoms with Crippen LogP contribution in [0.1, 0.15) is 11.1 Å². The third-order valence-corrected chi connectivity index (χ3v) is 4.88. The molecular formula is C20H16Cl2N2O3. The van der Waals surface area contributed by atoms with E-state index < -0.39 is 18.5 Å². The van der Waals surface area contributed by atoms with Gasteiger partial charge in [-0.25, -0.2) is 4.98 Å². The van der Waals surface area contributed by atoms with Gasteiger partial charge in [-0.2, -0.15) is 0 Å². The summed E-state index contributed by atoms with van der Waals surface area (Å²) in [4.78, 5) is 28.1. The molecule has 0 radical (unpaired) electrons. The first-order valence-electron chi connectivity index (χ1n) is 8.18. The number of pyridine rings is 1. The van der Waals surface area contributed by atoms with E-state index in [1.807, 2.05) is 42.5 Å². The fourth-order valence-corrected chi connectivity index (χ4v) is 3.00. The minimum Gasteiger partial charge on any atom is -0.455 e. The van der Waals surface area contributed by atoms with Crippen molar-refractivity contribution in [2.75, 3.05) is 11.9 Å². The molecule has 1 amide bonds. The summed E-state index contributed by atoms with van der Waals surface area (Å²) in [5, 5.41) is 5.18. The van der Waals surface area contributed by atoms with Gasteiger partial charge in [-0.15, -0.1) is 0 Å². The molecule has 0 spiro atoms. The van der Waals surface area contributed by atoms with Gasteiger partial charge in [-0.1, -0.05) is 65.7 Å².